The Labute approximate surface area is 83.1 Å². The first kappa shape index (κ1) is 10.6. The maximum atomic E-state index is 8.85. The first-order valence-corrected chi connectivity index (χ1v) is 5.36. The van der Waals surface area contributed by atoms with E-state index >= 15 is 0 Å². The van der Waals surface area contributed by atoms with Crippen molar-refractivity contribution in [3.8, 4) is 0 Å². The SMILES string of the molecule is Cc1cc(SCC(C)CO)n(C)n1. The Morgan fingerprint density at radius 1 is 1.69 bits per heavy atom. The second-order valence-electron chi connectivity index (χ2n) is 3.35. The molecule has 3 nitrogen and oxygen atoms in total. The Morgan fingerprint density at radius 3 is 2.85 bits per heavy atom. The van der Waals surface area contributed by atoms with Crippen LogP contribution in [0.3, 0.4) is 0 Å². The molecule has 1 atom stereocenters. The Balaban J connectivity index is 2.49. The predicted molar refractivity (Wildman–Crippen MR) is 54.9 cm³/mol. The van der Waals surface area contributed by atoms with Gasteiger partial charge in [0.1, 0.15) is 0 Å². The van der Waals surface area contributed by atoms with Crippen LogP contribution in [0.25, 0.3) is 0 Å². The average molecular weight is 200 g/mol. The third-order valence-electron chi connectivity index (χ3n) is 1.79. The number of aliphatic hydroxyl groups excluding tert-OH is 1. The fourth-order valence-electron chi connectivity index (χ4n) is 1.00. The zero-order valence-electron chi connectivity index (χ0n) is 8.32. The van der Waals surface area contributed by atoms with Gasteiger partial charge in [-0.3, -0.25) is 4.68 Å². The highest BCUT2D eigenvalue weighted by Gasteiger charge is 2.05. The van der Waals surface area contributed by atoms with Crippen LogP contribution in [0.2, 0.25) is 0 Å². The van der Waals surface area contributed by atoms with Crippen LogP contribution in [0.15, 0.2) is 11.1 Å². The Bertz CT molecular complexity index is 273. The average Bonchev–Trinajstić information content (AvgIpc) is 2.41. The molecule has 0 amide bonds. The molecule has 0 spiro atoms. The molecule has 1 rings (SSSR count). The number of hydrogen-bond donors (Lipinski definition) is 1. The van der Waals surface area contributed by atoms with E-state index < -0.39 is 0 Å². The second-order valence-corrected chi connectivity index (χ2v) is 4.39. The molecule has 0 radical (unpaired) electrons. The van der Waals surface area contributed by atoms with Crippen molar-refractivity contribution in [1.29, 1.82) is 0 Å². The van der Waals surface area contributed by atoms with E-state index in [9.17, 15) is 0 Å². The van der Waals surface area contributed by atoms with Gasteiger partial charge in [-0.15, -0.1) is 11.8 Å². The lowest BCUT2D eigenvalue weighted by atomic mass is 10.2. The number of aromatic nitrogens is 2. The van der Waals surface area contributed by atoms with Crippen LogP contribution >= 0.6 is 11.8 Å². The van der Waals surface area contributed by atoms with E-state index in [-0.39, 0.29) is 6.61 Å². The van der Waals surface area contributed by atoms with Crippen LogP contribution in [0, 0.1) is 12.8 Å². The van der Waals surface area contributed by atoms with Crippen molar-refractivity contribution in [1.82, 2.24) is 9.78 Å². The summed E-state index contributed by atoms with van der Waals surface area (Å²) in [6.07, 6.45) is 0. The highest BCUT2D eigenvalue weighted by atomic mass is 32.2. The first-order valence-electron chi connectivity index (χ1n) is 4.37. The number of nitrogens with zero attached hydrogens (tertiary/aromatic N) is 2. The Hall–Kier alpha value is -0.480. The van der Waals surface area contributed by atoms with Crippen molar-refractivity contribution < 1.29 is 5.11 Å². The van der Waals surface area contributed by atoms with Gasteiger partial charge in [0, 0.05) is 19.4 Å². The molecule has 0 bridgehead atoms. The molecule has 0 saturated heterocycles. The van der Waals surface area contributed by atoms with E-state index in [2.05, 4.69) is 11.2 Å². The van der Waals surface area contributed by atoms with Crippen LogP contribution in [0.5, 0.6) is 0 Å². The quantitative estimate of drug-likeness (QED) is 0.748. The minimum absolute atomic E-state index is 0.254. The lowest BCUT2D eigenvalue weighted by Gasteiger charge is -2.06. The topological polar surface area (TPSA) is 38.0 Å². The van der Waals surface area contributed by atoms with Crippen LogP contribution < -0.4 is 0 Å². The molecule has 13 heavy (non-hydrogen) atoms. The van der Waals surface area contributed by atoms with E-state index in [1.54, 1.807) is 11.8 Å². The van der Waals surface area contributed by atoms with Gasteiger partial charge in [-0.25, -0.2) is 0 Å². The molecule has 1 aromatic rings. The summed E-state index contributed by atoms with van der Waals surface area (Å²) in [5.74, 6) is 1.29. The normalized spacial score (nSPS) is 13.2. The molecule has 0 aliphatic rings. The third-order valence-corrected chi connectivity index (χ3v) is 3.20. The van der Waals surface area contributed by atoms with E-state index in [1.165, 1.54) is 0 Å². The summed E-state index contributed by atoms with van der Waals surface area (Å²) in [4.78, 5) is 0. The fraction of sp³-hybridized carbons (Fsp3) is 0.667. The molecule has 4 heteroatoms. The predicted octanol–water partition coefficient (Wildman–Crippen LogP) is 1.45. The number of aliphatic hydroxyl groups is 1. The van der Waals surface area contributed by atoms with Crippen LogP contribution in [0.1, 0.15) is 12.6 Å². The molecule has 1 unspecified atom stereocenters. The van der Waals surface area contributed by atoms with Crippen molar-refractivity contribution in [3.63, 3.8) is 0 Å². The van der Waals surface area contributed by atoms with Crippen molar-refractivity contribution in [2.75, 3.05) is 12.4 Å². The van der Waals surface area contributed by atoms with Gasteiger partial charge in [-0.1, -0.05) is 6.92 Å². The molecule has 0 aliphatic carbocycles. The minimum Gasteiger partial charge on any atom is -0.396 e. The summed E-state index contributed by atoms with van der Waals surface area (Å²) in [5.41, 5.74) is 1.04. The molecule has 1 N–H and O–H groups in total. The molecular weight excluding hydrogens is 184 g/mol. The van der Waals surface area contributed by atoms with E-state index in [0.29, 0.717) is 5.92 Å². The molecule has 1 aromatic heterocycles. The maximum Gasteiger partial charge on any atom is 0.0939 e. The van der Waals surface area contributed by atoms with E-state index in [1.807, 2.05) is 25.6 Å². The summed E-state index contributed by atoms with van der Waals surface area (Å²) in [5, 5.41) is 14.3. The lowest BCUT2D eigenvalue weighted by Crippen LogP contribution is -2.04. The van der Waals surface area contributed by atoms with Crippen LogP contribution in [-0.4, -0.2) is 27.2 Å². The fourth-order valence-corrected chi connectivity index (χ4v) is 2.04. The molecule has 0 fully saturated rings. The maximum absolute atomic E-state index is 8.85. The summed E-state index contributed by atoms with van der Waals surface area (Å²) >= 11 is 1.74. The summed E-state index contributed by atoms with van der Waals surface area (Å²) in [6, 6.07) is 2.06. The minimum atomic E-state index is 0.254. The first-order chi connectivity index (χ1) is 6.13. The molecule has 0 saturated carbocycles. The molecule has 74 valence electrons. The number of thioether (sulfide) groups is 1. The van der Waals surface area contributed by atoms with Gasteiger partial charge >= 0.3 is 0 Å². The van der Waals surface area contributed by atoms with Crippen molar-refractivity contribution in [3.05, 3.63) is 11.8 Å². The molecule has 0 aromatic carbocycles. The number of hydrogen-bond acceptors (Lipinski definition) is 3. The van der Waals surface area contributed by atoms with E-state index in [4.69, 9.17) is 5.11 Å². The zero-order valence-corrected chi connectivity index (χ0v) is 9.14. The van der Waals surface area contributed by atoms with Crippen molar-refractivity contribution in [2.45, 2.75) is 18.9 Å². The number of aryl methyl sites for hydroxylation is 2. The zero-order chi connectivity index (χ0) is 9.84. The largest absolute Gasteiger partial charge is 0.396 e. The van der Waals surface area contributed by atoms with Gasteiger partial charge < -0.3 is 5.11 Å². The monoisotopic (exact) mass is 200 g/mol. The summed E-state index contributed by atoms with van der Waals surface area (Å²) in [6.45, 7) is 4.28. The summed E-state index contributed by atoms with van der Waals surface area (Å²) < 4.78 is 1.88. The highest BCUT2D eigenvalue weighted by molar-refractivity contribution is 7.99. The van der Waals surface area contributed by atoms with E-state index in [0.717, 1.165) is 16.5 Å². The molecular formula is C9H16N2OS. The second kappa shape index (κ2) is 4.67. The van der Waals surface area contributed by atoms with Gasteiger partial charge in [0.05, 0.1) is 10.7 Å². The van der Waals surface area contributed by atoms with Gasteiger partial charge in [0.15, 0.2) is 0 Å². The van der Waals surface area contributed by atoms with Gasteiger partial charge in [0.25, 0.3) is 0 Å². The standard InChI is InChI=1S/C9H16N2OS/c1-7(5-12)6-13-9-4-8(2)10-11(9)3/h4,7,12H,5-6H2,1-3H3. The van der Waals surface area contributed by atoms with Gasteiger partial charge in [-0.05, 0) is 18.9 Å². The van der Waals surface area contributed by atoms with Crippen LogP contribution in [0.4, 0.5) is 0 Å². The third kappa shape index (κ3) is 3.04. The van der Waals surface area contributed by atoms with Gasteiger partial charge in [-0.2, -0.15) is 5.10 Å². The lowest BCUT2D eigenvalue weighted by molar-refractivity contribution is 0.250. The van der Waals surface area contributed by atoms with Crippen molar-refractivity contribution in [2.24, 2.45) is 13.0 Å². The number of rotatable bonds is 4. The van der Waals surface area contributed by atoms with Crippen LogP contribution in [-0.2, 0) is 7.05 Å². The molecule has 1 heterocycles. The smallest absolute Gasteiger partial charge is 0.0939 e. The summed E-state index contributed by atoms with van der Waals surface area (Å²) in [7, 11) is 1.94. The van der Waals surface area contributed by atoms with Gasteiger partial charge in [0.2, 0.25) is 0 Å². The Kier molecular flexibility index (Phi) is 3.81. The highest BCUT2D eigenvalue weighted by Crippen LogP contribution is 2.20. The molecule has 0 aliphatic heterocycles. The van der Waals surface area contributed by atoms with Crippen molar-refractivity contribution >= 4 is 11.8 Å². The Morgan fingerprint density at radius 2 is 2.38 bits per heavy atom.